The van der Waals surface area contributed by atoms with Crippen LogP contribution in [-0.4, -0.2) is 15.5 Å². The van der Waals surface area contributed by atoms with E-state index in [2.05, 4.69) is 16.4 Å². The van der Waals surface area contributed by atoms with Gasteiger partial charge in [0.25, 0.3) is 5.91 Å². The fourth-order valence-electron chi connectivity index (χ4n) is 2.45. The number of benzene rings is 2. The van der Waals surface area contributed by atoms with Crippen LogP contribution in [0.4, 0.5) is 5.69 Å². The first-order valence-corrected chi connectivity index (χ1v) is 7.52. The fraction of sp³-hybridized carbons (Fsp3) is 0.158. The topological polar surface area (TPSA) is 46.9 Å². The maximum atomic E-state index is 12.4. The lowest BCUT2D eigenvalue weighted by Crippen LogP contribution is -2.12. The van der Waals surface area contributed by atoms with Gasteiger partial charge in [0, 0.05) is 23.1 Å². The summed E-state index contributed by atoms with van der Waals surface area (Å²) in [7, 11) is 0. The number of imidazole rings is 1. The van der Waals surface area contributed by atoms with Crippen LogP contribution in [-0.2, 0) is 0 Å². The second-order valence-electron chi connectivity index (χ2n) is 5.80. The van der Waals surface area contributed by atoms with Gasteiger partial charge in [-0.1, -0.05) is 17.7 Å². The Kier molecular flexibility index (Phi) is 3.98. The average molecular weight is 305 g/mol. The molecule has 3 rings (SSSR count). The molecule has 0 saturated carbocycles. The first-order chi connectivity index (χ1) is 11.0. The van der Waals surface area contributed by atoms with Crippen molar-refractivity contribution in [2.45, 2.75) is 20.8 Å². The molecule has 0 fully saturated rings. The Morgan fingerprint density at radius 1 is 1.00 bits per heavy atom. The molecule has 0 atom stereocenters. The van der Waals surface area contributed by atoms with E-state index in [1.54, 1.807) is 6.33 Å². The van der Waals surface area contributed by atoms with Crippen LogP contribution in [0.15, 0.2) is 55.0 Å². The fourth-order valence-corrected chi connectivity index (χ4v) is 2.45. The quantitative estimate of drug-likeness (QED) is 0.793. The zero-order chi connectivity index (χ0) is 16.4. The van der Waals surface area contributed by atoms with Crippen LogP contribution in [0.25, 0.3) is 5.69 Å². The molecule has 4 nitrogen and oxygen atoms in total. The van der Waals surface area contributed by atoms with Crippen molar-refractivity contribution in [3.8, 4) is 5.69 Å². The van der Waals surface area contributed by atoms with Gasteiger partial charge in [-0.2, -0.15) is 0 Å². The Morgan fingerprint density at radius 3 is 2.39 bits per heavy atom. The van der Waals surface area contributed by atoms with Gasteiger partial charge in [-0.25, -0.2) is 4.98 Å². The zero-order valence-corrected chi connectivity index (χ0v) is 13.5. The van der Waals surface area contributed by atoms with Gasteiger partial charge in [-0.3, -0.25) is 4.79 Å². The average Bonchev–Trinajstić information content (AvgIpc) is 2.94. The Bertz CT molecular complexity index is 847. The summed E-state index contributed by atoms with van der Waals surface area (Å²) in [5, 5.41) is 2.96. The van der Waals surface area contributed by atoms with Crippen molar-refractivity contribution in [2.24, 2.45) is 0 Å². The third-order valence-corrected chi connectivity index (χ3v) is 3.64. The number of nitrogens with zero attached hydrogens (tertiary/aromatic N) is 2. The summed E-state index contributed by atoms with van der Waals surface area (Å²) < 4.78 is 1.95. The zero-order valence-electron chi connectivity index (χ0n) is 13.5. The largest absolute Gasteiger partial charge is 0.322 e. The first-order valence-electron chi connectivity index (χ1n) is 7.52. The molecule has 2 aromatic carbocycles. The minimum atomic E-state index is -0.108. The number of aromatic nitrogens is 2. The van der Waals surface area contributed by atoms with Gasteiger partial charge in [0.05, 0.1) is 12.0 Å². The molecule has 0 saturated heterocycles. The number of carbonyl (C=O) groups excluding carboxylic acids is 1. The molecule has 0 aliphatic rings. The van der Waals surface area contributed by atoms with Crippen LogP contribution in [0.5, 0.6) is 0 Å². The van der Waals surface area contributed by atoms with Crippen LogP contribution in [0.3, 0.4) is 0 Å². The lowest BCUT2D eigenvalue weighted by molar-refractivity contribution is 0.102. The van der Waals surface area contributed by atoms with E-state index < -0.39 is 0 Å². The number of amides is 1. The summed E-state index contributed by atoms with van der Waals surface area (Å²) in [4.78, 5) is 16.6. The third-order valence-electron chi connectivity index (χ3n) is 3.64. The molecule has 1 N–H and O–H groups in total. The van der Waals surface area contributed by atoms with Gasteiger partial charge in [-0.15, -0.1) is 0 Å². The first kappa shape index (κ1) is 15.0. The van der Waals surface area contributed by atoms with Gasteiger partial charge in [0.2, 0.25) is 0 Å². The Balaban J connectivity index is 1.87. The normalized spacial score (nSPS) is 10.6. The minimum Gasteiger partial charge on any atom is -0.322 e. The number of aryl methyl sites for hydroxylation is 3. The van der Waals surface area contributed by atoms with E-state index in [-0.39, 0.29) is 5.91 Å². The Labute approximate surface area is 135 Å². The van der Waals surface area contributed by atoms with E-state index >= 15 is 0 Å². The van der Waals surface area contributed by atoms with Crippen molar-refractivity contribution in [1.82, 2.24) is 9.55 Å². The molecule has 0 aliphatic heterocycles. The van der Waals surface area contributed by atoms with Crippen molar-refractivity contribution < 1.29 is 4.79 Å². The molecule has 4 heteroatoms. The second kappa shape index (κ2) is 6.08. The summed E-state index contributed by atoms with van der Waals surface area (Å²) in [5.74, 6) is -0.108. The summed E-state index contributed by atoms with van der Waals surface area (Å²) in [6.07, 6.45) is 3.73. The highest BCUT2D eigenvalue weighted by molar-refractivity contribution is 6.04. The van der Waals surface area contributed by atoms with E-state index in [0.717, 1.165) is 28.2 Å². The highest BCUT2D eigenvalue weighted by Crippen LogP contribution is 2.19. The molecule has 1 amide bonds. The molecule has 0 aliphatic carbocycles. The van der Waals surface area contributed by atoms with E-state index in [9.17, 15) is 4.79 Å². The summed E-state index contributed by atoms with van der Waals surface area (Å²) in [5.41, 5.74) is 5.57. The van der Waals surface area contributed by atoms with Crippen LogP contribution in [0.1, 0.15) is 27.2 Å². The number of hydrogen-bond acceptors (Lipinski definition) is 2. The van der Waals surface area contributed by atoms with Crippen LogP contribution in [0.2, 0.25) is 0 Å². The lowest BCUT2D eigenvalue weighted by atomic mass is 10.1. The number of anilines is 1. The Morgan fingerprint density at radius 2 is 1.74 bits per heavy atom. The number of rotatable bonds is 3. The van der Waals surface area contributed by atoms with Gasteiger partial charge in [0.15, 0.2) is 0 Å². The summed E-state index contributed by atoms with van der Waals surface area (Å²) in [6, 6.07) is 13.5. The SMILES string of the molecule is Cc1ccc(C(=O)Nc2cc(C)cc(-n3cnc(C)c3)c2)cc1. The number of hydrogen-bond donors (Lipinski definition) is 1. The van der Waals surface area contributed by atoms with Crippen LogP contribution >= 0.6 is 0 Å². The standard InChI is InChI=1S/C19H19N3O/c1-13-4-6-16(7-5-13)19(23)21-17-8-14(2)9-18(10-17)22-11-15(3)20-12-22/h4-12H,1-3H3,(H,21,23). The highest BCUT2D eigenvalue weighted by atomic mass is 16.1. The molecular formula is C19H19N3O. The smallest absolute Gasteiger partial charge is 0.255 e. The van der Waals surface area contributed by atoms with E-state index in [0.29, 0.717) is 5.56 Å². The van der Waals surface area contributed by atoms with Gasteiger partial charge < -0.3 is 9.88 Å². The highest BCUT2D eigenvalue weighted by Gasteiger charge is 2.08. The van der Waals surface area contributed by atoms with Crippen molar-refractivity contribution in [2.75, 3.05) is 5.32 Å². The minimum absolute atomic E-state index is 0.108. The predicted molar refractivity (Wildman–Crippen MR) is 92.2 cm³/mol. The maximum absolute atomic E-state index is 12.4. The molecule has 1 heterocycles. The summed E-state index contributed by atoms with van der Waals surface area (Å²) >= 11 is 0. The lowest BCUT2D eigenvalue weighted by Gasteiger charge is -2.10. The molecule has 116 valence electrons. The molecule has 0 unspecified atom stereocenters. The van der Waals surface area contributed by atoms with Crippen molar-refractivity contribution in [3.05, 3.63) is 77.4 Å². The van der Waals surface area contributed by atoms with Gasteiger partial charge in [-0.05, 0) is 56.7 Å². The number of carbonyl (C=O) groups is 1. The van der Waals surface area contributed by atoms with E-state index in [1.165, 1.54) is 0 Å². The van der Waals surface area contributed by atoms with E-state index in [4.69, 9.17) is 0 Å². The molecule has 23 heavy (non-hydrogen) atoms. The Hall–Kier alpha value is -2.88. The van der Waals surface area contributed by atoms with Crippen molar-refractivity contribution in [1.29, 1.82) is 0 Å². The molecule has 0 bridgehead atoms. The van der Waals surface area contributed by atoms with Crippen molar-refractivity contribution in [3.63, 3.8) is 0 Å². The second-order valence-corrected chi connectivity index (χ2v) is 5.80. The van der Waals surface area contributed by atoms with Gasteiger partial charge >= 0.3 is 0 Å². The van der Waals surface area contributed by atoms with Gasteiger partial charge in [0.1, 0.15) is 0 Å². The maximum Gasteiger partial charge on any atom is 0.255 e. The van der Waals surface area contributed by atoms with Crippen LogP contribution < -0.4 is 5.32 Å². The van der Waals surface area contributed by atoms with Crippen molar-refractivity contribution >= 4 is 11.6 Å². The molecular weight excluding hydrogens is 286 g/mol. The van der Waals surface area contributed by atoms with Crippen LogP contribution in [0, 0.1) is 20.8 Å². The molecule has 1 aromatic heterocycles. The number of nitrogens with one attached hydrogen (secondary N) is 1. The van der Waals surface area contributed by atoms with E-state index in [1.807, 2.05) is 67.9 Å². The molecule has 0 spiro atoms. The predicted octanol–water partition coefficient (Wildman–Crippen LogP) is 4.05. The monoisotopic (exact) mass is 305 g/mol. The molecule has 3 aromatic rings. The summed E-state index contributed by atoms with van der Waals surface area (Å²) in [6.45, 7) is 5.96. The molecule has 0 radical (unpaired) electrons. The third kappa shape index (κ3) is 3.48.